The van der Waals surface area contributed by atoms with E-state index in [0.29, 0.717) is 4.75 Å². The Morgan fingerprint density at radius 3 is 2.15 bits per heavy atom. The minimum atomic E-state index is 0.364. The third-order valence-corrected chi connectivity index (χ3v) is 3.65. The Morgan fingerprint density at radius 2 is 1.69 bits per heavy atom. The van der Waals surface area contributed by atoms with Crippen molar-refractivity contribution >= 4 is 34.4 Å². The highest BCUT2D eigenvalue weighted by molar-refractivity contribution is 14.1. The molecule has 0 saturated heterocycles. The van der Waals surface area contributed by atoms with Crippen LogP contribution in [0.2, 0.25) is 0 Å². The third kappa shape index (κ3) is 4.91. The van der Waals surface area contributed by atoms with Crippen LogP contribution in [-0.4, -0.2) is 4.75 Å². The van der Waals surface area contributed by atoms with Crippen LogP contribution in [0.4, 0.5) is 0 Å². The minimum Gasteiger partial charge on any atom is -0.151 e. The molecule has 1 rings (SSSR count). The summed E-state index contributed by atoms with van der Waals surface area (Å²) in [6.07, 6.45) is 0. The molecule has 0 aliphatic rings. The summed E-state index contributed by atoms with van der Waals surface area (Å²) in [5.74, 6) is 1.11. The van der Waals surface area contributed by atoms with Crippen LogP contribution in [0.25, 0.3) is 0 Å². The molecule has 0 aliphatic heterocycles. The first kappa shape index (κ1) is 11.4. The van der Waals surface area contributed by atoms with Crippen molar-refractivity contribution in [3.63, 3.8) is 0 Å². The lowest BCUT2D eigenvalue weighted by Gasteiger charge is -2.17. The van der Waals surface area contributed by atoms with Gasteiger partial charge in [0, 0.05) is 14.1 Å². The maximum atomic E-state index is 2.33. The van der Waals surface area contributed by atoms with Crippen molar-refractivity contribution < 1.29 is 0 Å². The molecule has 0 nitrogen and oxygen atoms in total. The van der Waals surface area contributed by atoms with Crippen molar-refractivity contribution in [2.45, 2.75) is 31.3 Å². The number of halogens is 1. The molecule has 1 aromatic carbocycles. The van der Waals surface area contributed by atoms with Crippen LogP contribution < -0.4 is 0 Å². The van der Waals surface area contributed by atoms with E-state index in [9.17, 15) is 0 Å². The molecule has 0 radical (unpaired) electrons. The van der Waals surface area contributed by atoms with Crippen molar-refractivity contribution in [1.82, 2.24) is 0 Å². The van der Waals surface area contributed by atoms with Crippen molar-refractivity contribution in [3.05, 3.63) is 33.4 Å². The van der Waals surface area contributed by atoms with E-state index in [2.05, 4.69) is 67.6 Å². The summed E-state index contributed by atoms with van der Waals surface area (Å²) in [4.78, 5) is 0. The van der Waals surface area contributed by atoms with E-state index >= 15 is 0 Å². The first-order valence-electron chi connectivity index (χ1n) is 4.36. The predicted octanol–water partition coefficient (Wildman–Crippen LogP) is 4.32. The van der Waals surface area contributed by atoms with Gasteiger partial charge in [0.15, 0.2) is 0 Å². The fourth-order valence-corrected chi connectivity index (χ4v) is 2.03. The molecule has 0 aliphatic carbocycles. The average molecular weight is 306 g/mol. The molecule has 2 heteroatoms. The number of hydrogen-bond acceptors (Lipinski definition) is 1. The molecule has 0 bridgehead atoms. The zero-order chi connectivity index (χ0) is 9.90. The largest absolute Gasteiger partial charge is 0.151 e. The van der Waals surface area contributed by atoms with Gasteiger partial charge in [-0.3, -0.25) is 0 Å². The van der Waals surface area contributed by atoms with Gasteiger partial charge in [0.25, 0.3) is 0 Å². The van der Waals surface area contributed by atoms with Crippen LogP contribution in [0.15, 0.2) is 24.3 Å². The summed E-state index contributed by atoms with van der Waals surface area (Å²) < 4.78 is 1.67. The molecule has 0 heterocycles. The highest BCUT2D eigenvalue weighted by Crippen LogP contribution is 2.27. The van der Waals surface area contributed by atoms with Crippen molar-refractivity contribution in [1.29, 1.82) is 0 Å². The van der Waals surface area contributed by atoms with E-state index in [0.717, 1.165) is 5.75 Å². The van der Waals surface area contributed by atoms with Gasteiger partial charge in [-0.25, -0.2) is 0 Å². The second-order valence-corrected chi connectivity index (χ2v) is 7.08. The molecule has 0 spiro atoms. The number of rotatable bonds is 2. The lowest BCUT2D eigenvalue weighted by Crippen LogP contribution is -2.07. The minimum absolute atomic E-state index is 0.364. The molecule has 0 N–H and O–H groups in total. The second-order valence-electron chi connectivity index (χ2n) is 4.03. The Labute approximate surface area is 98.6 Å². The zero-order valence-electron chi connectivity index (χ0n) is 8.30. The van der Waals surface area contributed by atoms with E-state index in [1.54, 1.807) is 0 Å². The SMILES string of the molecule is CC(C)(C)SCc1ccc(I)cc1. The van der Waals surface area contributed by atoms with E-state index < -0.39 is 0 Å². The van der Waals surface area contributed by atoms with E-state index in [-0.39, 0.29) is 0 Å². The molecular weight excluding hydrogens is 291 g/mol. The summed E-state index contributed by atoms with van der Waals surface area (Å²) in [6.45, 7) is 6.76. The molecule has 0 fully saturated rings. The van der Waals surface area contributed by atoms with Crippen molar-refractivity contribution in [2.24, 2.45) is 0 Å². The van der Waals surface area contributed by atoms with E-state index in [4.69, 9.17) is 0 Å². The predicted molar refractivity (Wildman–Crippen MR) is 70.2 cm³/mol. The Kier molecular flexibility index (Phi) is 4.10. The fraction of sp³-hybridized carbons (Fsp3) is 0.455. The Hall–Kier alpha value is 0.300. The van der Waals surface area contributed by atoms with E-state index in [1.165, 1.54) is 9.13 Å². The van der Waals surface area contributed by atoms with Crippen LogP contribution in [-0.2, 0) is 5.75 Å². The lowest BCUT2D eigenvalue weighted by atomic mass is 10.2. The monoisotopic (exact) mass is 306 g/mol. The maximum absolute atomic E-state index is 2.33. The topological polar surface area (TPSA) is 0 Å². The molecule has 72 valence electrons. The smallest absolute Gasteiger partial charge is 0.0189 e. The second kappa shape index (κ2) is 4.69. The van der Waals surface area contributed by atoms with Gasteiger partial charge in [-0.05, 0) is 40.3 Å². The normalized spacial score (nSPS) is 11.7. The van der Waals surface area contributed by atoms with Gasteiger partial charge in [-0.15, -0.1) is 0 Å². The first-order valence-corrected chi connectivity index (χ1v) is 6.42. The standard InChI is InChI=1S/C11H15IS/c1-11(2,3)13-8-9-4-6-10(12)7-5-9/h4-7H,8H2,1-3H3. The molecule has 1 aromatic rings. The Bertz CT molecular complexity index is 258. The van der Waals surface area contributed by atoms with Gasteiger partial charge >= 0.3 is 0 Å². The zero-order valence-corrected chi connectivity index (χ0v) is 11.3. The summed E-state index contributed by atoms with van der Waals surface area (Å²) in [5, 5.41) is 0. The fourth-order valence-electron chi connectivity index (χ4n) is 0.880. The molecule has 0 aromatic heterocycles. The van der Waals surface area contributed by atoms with Crippen molar-refractivity contribution in [2.75, 3.05) is 0 Å². The van der Waals surface area contributed by atoms with Gasteiger partial charge in [0.2, 0.25) is 0 Å². The van der Waals surface area contributed by atoms with Crippen LogP contribution in [0.1, 0.15) is 26.3 Å². The first-order chi connectivity index (χ1) is 5.97. The third-order valence-electron chi connectivity index (χ3n) is 1.59. The molecule has 13 heavy (non-hydrogen) atoms. The highest BCUT2D eigenvalue weighted by Gasteiger charge is 2.09. The van der Waals surface area contributed by atoms with Crippen LogP contribution >= 0.6 is 34.4 Å². The van der Waals surface area contributed by atoms with Crippen LogP contribution in [0.5, 0.6) is 0 Å². The molecule has 0 saturated carbocycles. The highest BCUT2D eigenvalue weighted by atomic mass is 127. The quantitative estimate of drug-likeness (QED) is 0.733. The average Bonchev–Trinajstić information content (AvgIpc) is 2.02. The van der Waals surface area contributed by atoms with Crippen LogP contribution in [0.3, 0.4) is 0 Å². The molecule has 0 amide bonds. The van der Waals surface area contributed by atoms with Crippen molar-refractivity contribution in [3.8, 4) is 0 Å². The maximum Gasteiger partial charge on any atom is 0.0189 e. The summed E-state index contributed by atoms with van der Waals surface area (Å²) in [6, 6.07) is 8.75. The number of hydrogen-bond donors (Lipinski definition) is 0. The summed E-state index contributed by atoms with van der Waals surface area (Å²) in [7, 11) is 0. The Balaban J connectivity index is 2.51. The van der Waals surface area contributed by atoms with Gasteiger partial charge < -0.3 is 0 Å². The van der Waals surface area contributed by atoms with Gasteiger partial charge in [-0.1, -0.05) is 32.9 Å². The Morgan fingerprint density at radius 1 is 1.15 bits per heavy atom. The number of thioether (sulfide) groups is 1. The lowest BCUT2D eigenvalue weighted by molar-refractivity contribution is 0.802. The summed E-state index contributed by atoms with van der Waals surface area (Å²) >= 11 is 4.32. The molecular formula is C11H15IS. The van der Waals surface area contributed by atoms with Gasteiger partial charge in [0.1, 0.15) is 0 Å². The number of benzene rings is 1. The van der Waals surface area contributed by atoms with Crippen LogP contribution in [0, 0.1) is 3.57 Å². The molecule has 0 unspecified atom stereocenters. The summed E-state index contributed by atoms with van der Waals surface area (Å²) in [5.41, 5.74) is 1.42. The van der Waals surface area contributed by atoms with E-state index in [1.807, 2.05) is 11.8 Å². The molecule has 0 atom stereocenters. The van der Waals surface area contributed by atoms with Gasteiger partial charge in [0.05, 0.1) is 0 Å². The van der Waals surface area contributed by atoms with Gasteiger partial charge in [-0.2, -0.15) is 11.8 Å².